The zero-order valence-corrected chi connectivity index (χ0v) is 14.5. The van der Waals surface area contributed by atoms with Crippen LogP contribution in [0.1, 0.15) is 24.0 Å². The second-order valence-corrected chi connectivity index (χ2v) is 6.40. The van der Waals surface area contributed by atoms with Gasteiger partial charge in [0.15, 0.2) is 6.61 Å². The minimum atomic E-state index is -0.244. The molecule has 2 amide bonds. The standard InChI is InChI=1S/C20H22N2O3/c1-13-7-10-16(11-17(13)22-20(24)15-8-9-15)21-19(23)12-25-18-6-4-3-5-14(18)2/h3-7,10-11,15H,8-9,12H2,1-2H3,(H,21,23)(H,22,24). The Kier molecular flexibility index (Phi) is 5.03. The first-order chi connectivity index (χ1) is 12.0. The predicted octanol–water partition coefficient (Wildman–Crippen LogP) is 3.67. The lowest BCUT2D eigenvalue weighted by molar-refractivity contribution is -0.118. The highest BCUT2D eigenvalue weighted by Gasteiger charge is 2.29. The van der Waals surface area contributed by atoms with Crippen LogP contribution < -0.4 is 15.4 Å². The lowest BCUT2D eigenvalue weighted by atomic mass is 10.1. The molecular formula is C20H22N2O3. The first-order valence-electron chi connectivity index (χ1n) is 8.43. The number of ether oxygens (including phenoxy) is 1. The predicted molar refractivity (Wildman–Crippen MR) is 97.8 cm³/mol. The van der Waals surface area contributed by atoms with Crippen LogP contribution in [-0.2, 0) is 9.59 Å². The Bertz CT molecular complexity index is 797. The summed E-state index contributed by atoms with van der Waals surface area (Å²) in [5.41, 5.74) is 3.31. The number of carbonyl (C=O) groups excluding carboxylic acids is 2. The van der Waals surface area contributed by atoms with Gasteiger partial charge in [0.25, 0.3) is 5.91 Å². The van der Waals surface area contributed by atoms with Crippen molar-refractivity contribution < 1.29 is 14.3 Å². The van der Waals surface area contributed by atoms with Crippen LogP contribution in [0.5, 0.6) is 5.75 Å². The van der Waals surface area contributed by atoms with Crippen LogP contribution in [0.25, 0.3) is 0 Å². The molecule has 0 aromatic heterocycles. The lowest BCUT2D eigenvalue weighted by Gasteiger charge is -2.12. The molecular weight excluding hydrogens is 316 g/mol. The second kappa shape index (κ2) is 7.38. The van der Waals surface area contributed by atoms with Gasteiger partial charge in [0.1, 0.15) is 5.75 Å². The molecule has 0 unspecified atom stereocenters. The second-order valence-electron chi connectivity index (χ2n) is 6.40. The summed E-state index contributed by atoms with van der Waals surface area (Å²) in [6.07, 6.45) is 1.91. The number of hydrogen-bond acceptors (Lipinski definition) is 3. The Morgan fingerprint density at radius 1 is 1.04 bits per heavy atom. The van der Waals surface area contributed by atoms with E-state index in [1.807, 2.05) is 50.2 Å². The van der Waals surface area contributed by atoms with Gasteiger partial charge in [-0.3, -0.25) is 9.59 Å². The highest BCUT2D eigenvalue weighted by atomic mass is 16.5. The normalized spacial score (nSPS) is 13.2. The molecule has 130 valence electrons. The van der Waals surface area contributed by atoms with Gasteiger partial charge < -0.3 is 15.4 Å². The third kappa shape index (κ3) is 4.59. The molecule has 5 heteroatoms. The molecule has 3 rings (SSSR count). The summed E-state index contributed by atoms with van der Waals surface area (Å²) in [5.74, 6) is 0.639. The van der Waals surface area contributed by atoms with E-state index in [1.165, 1.54) is 0 Å². The van der Waals surface area contributed by atoms with E-state index in [0.717, 1.165) is 29.7 Å². The number of benzene rings is 2. The molecule has 25 heavy (non-hydrogen) atoms. The van der Waals surface area contributed by atoms with Crippen molar-refractivity contribution in [2.24, 2.45) is 5.92 Å². The third-order valence-corrected chi connectivity index (χ3v) is 4.18. The minimum absolute atomic E-state index is 0.0504. The summed E-state index contributed by atoms with van der Waals surface area (Å²) >= 11 is 0. The van der Waals surface area contributed by atoms with Crippen molar-refractivity contribution in [3.05, 3.63) is 53.6 Å². The highest BCUT2D eigenvalue weighted by molar-refractivity contribution is 5.96. The smallest absolute Gasteiger partial charge is 0.262 e. The van der Waals surface area contributed by atoms with Crippen LogP contribution in [0, 0.1) is 19.8 Å². The quantitative estimate of drug-likeness (QED) is 0.844. The first-order valence-corrected chi connectivity index (χ1v) is 8.43. The number of nitrogens with one attached hydrogen (secondary N) is 2. The number of carbonyl (C=O) groups is 2. The number of para-hydroxylation sites is 1. The van der Waals surface area contributed by atoms with Gasteiger partial charge in [0.2, 0.25) is 5.91 Å². The Morgan fingerprint density at radius 2 is 1.80 bits per heavy atom. The summed E-state index contributed by atoms with van der Waals surface area (Å²) in [6.45, 7) is 3.79. The summed E-state index contributed by atoms with van der Waals surface area (Å²) in [7, 11) is 0. The number of rotatable bonds is 6. The molecule has 0 atom stereocenters. The van der Waals surface area contributed by atoms with Gasteiger partial charge in [-0.1, -0.05) is 24.3 Å². The van der Waals surface area contributed by atoms with Crippen molar-refractivity contribution in [2.45, 2.75) is 26.7 Å². The number of aryl methyl sites for hydroxylation is 2. The number of hydrogen-bond donors (Lipinski definition) is 2. The SMILES string of the molecule is Cc1ccc(NC(=O)COc2ccccc2C)cc1NC(=O)C1CC1. The molecule has 2 aromatic rings. The van der Waals surface area contributed by atoms with Crippen molar-refractivity contribution in [1.29, 1.82) is 0 Å². The van der Waals surface area contributed by atoms with Gasteiger partial charge in [-0.25, -0.2) is 0 Å². The molecule has 1 fully saturated rings. The molecule has 1 saturated carbocycles. The Morgan fingerprint density at radius 3 is 2.52 bits per heavy atom. The average Bonchev–Trinajstić information content (AvgIpc) is 3.42. The molecule has 2 aromatic carbocycles. The zero-order chi connectivity index (χ0) is 17.8. The van der Waals surface area contributed by atoms with E-state index in [-0.39, 0.29) is 24.3 Å². The van der Waals surface area contributed by atoms with Crippen molar-refractivity contribution in [2.75, 3.05) is 17.2 Å². The van der Waals surface area contributed by atoms with Crippen LogP contribution in [-0.4, -0.2) is 18.4 Å². The highest BCUT2D eigenvalue weighted by Crippen LogP contribution is 2.31. The Labute approximate surface area is 147 Å². The molecule has 0 aliphatic heterocycles. The fourth-order valence-electron chi connectivity index (χ4n) is 2.47. The van der Waals surface area contributed by atoms with Crippen LogP contribution >= 0.6 is 0 Å². The molecule has 2 N–H and O–H groups in total. The molecule has 0 saturated heterocycles. The Hall–Kier alpha value is -2.82. The first kappa shape index (κ1) is 17.0. The van der Waals surface area contributed by atoms with E-state index >= 15 is 0 Å². The maximum absolute atomic E-state index is 12.1. The van der Waals surface area contributed by atoms with E-state index in [1.54, 1.807) is 6.07 Å². The maximum Gasteiger partial charge on any atom is 0.262 e. The monoisotopic (exact) mass is 338 g/mol. The van der Waals surface area contributed by atoms with E-state index in [9.17, 15) is 9.59 Å². The zero-order valence-electron chi connectivity index (χ0n) is 14.5. The molecule has 1 aliphatic rings. The summed E-state index contributed by atoms with van der Waals surface area (Å²) in [5, 5.41) is 5.73. The van der Waals surface area contributed by atoms with Gasteiger partial charge >= 0.3 is 0 Å². The molecule has 5 nitrogen and oxygen atoms in total. The summed E-state index contributed by atoms with van der Waals surface area (Å²) in [6, 6.07) is 13.0. The van der Waals surface area contributed by atoms with Crippen LogP contribution in [0.15, 0.2) is 42.5 Å². The Balaban J connectivity index is 1.59. The van der Waals surface area contributed by atoms with Crippen LogP contribution in [0.2, 0.25) is 0 Å². The van der Waals surface area contributed by atoms with E-state index in [2.05, 4.69) is 10.6 Å². The van der Waals surface area contributed by atoms with E-state index in [0.29, 0.717) is 11.4 Å². The maximum atomic E-state index is 12.1. The van der Waals surface area contributed by atoms with E-state index < -0.39 is 0 Å². The molecule has 0 bridgehead atoms. The van der Waals surface area contributed by atoms with Gasteiger partial charge in [-0.2, -0.15) is 0 Å². The fourth-order valence-corrected chi connectivity index (χ4v) is 2.47. The third-order valence-electron chi connectivity index (χ3n) is 4.18. The average molecular weight is 338 g/mol. The fraction of sp³-hybridized carbons (Fsp3) is 0.300. The summed E-state index contributed by atoms with van der Waals surface area (Å²) < 4.78 is 5.55. The van der Waals surface area contributed by atoms with Gasteiger partial charge in [0.05, 0.1) is 0 Å². The number of amides is 2. The molecule has 0 radical (unpaired) electrons. The molecule has 1 aliphatic carbocycles. The van der Waals surface area contributed by atoms with Gasteiger partial charge in [0, 0.05) is 17.3 Å². The van der Waals surface area contributed by atoms with Crippen LogP contribution in [0.3, 0.4) is 0 Å². The molecule has 0 spiro atoms. The van der Waals surface area contributed by atoms with Crippen LogP contribution in [0.4, 0.5) is 11.4 Å². The molecule has 0 heterocycles. The van der Waals surface area contributed by atoms with Crippen molar-refractivity contribution in [3.63, 3.8) is 0 Å². The topological polar surface area (TPSA) is 67.4 Å². The minimum Gasteiger partial charge on any atom is -0.483 e. The summed E-state index contributed by atoms with van der Waals surface area (Å²) in [4.78, 5) is 24.0. The van der Waals surface area contributed by atoms with Crippen molar-refractivity contribution in [1.82, 2.24) is 0 Å². The van der Waals surface area contributed by atoms with E-state index in [4.69, 9.17) is 4.74 Å². The van der Waals surface area contributed by atoms with Crippen molar-refractivity contribution >= 4 is 23.2 Å². The van der Waals surface area contributed by atoms with Gasteiger partial charge in [-0.15, -0.1) is 0 Å². The number of anilines is 2. The largest absolute Gasteiger partial charge is 0.483 e. The lowest BCUT2D eigenvalue weighted by Crippen LogP contribution is -2.21. The van der Waals surface area contributed by atoms with Crippen molar-refractivity contribution in [3.8, 4) is 5.75 Å². The van der Waals surface area contributed by atoms with Gasteiger partial charge in [-0.05, 0) is 56.0 Å².